The Morgan fingerprint density at radius 3 is 2.63 bits per heavy atom. The topological polar surface area (TPSA) is 109 Å². The molecule has 0 aliphatic rings. The van der Waals surface area contributed by atoms with Crippen molar-refractivity contribution in [2.75, 3.05) is 25.6 Å². The molecule has 0 saturated carbocycles. The number of carbonyl (C=O) groups is 2. The lowest BCUT2D eigenvalue weighted by Gasteiger charge is -2.15. The molecule has 2 heterocycles. The summed E-state index contributed by atoms with van der Waals surface area (Å²) in [6, 6.07) is 7.10. The number of hydrogen-bond acceptors (Lipinski definition) is 9. The molecule has 0 aliphatic heterocycles. The van der Waals surface area contributed by atoms with Gasteiger partial charge in [0, 0.05) is 30.7 Å². The van der Waals surface area contributed by atoms with E-state index in [4.69, 9.17) is 18.9 Å². The van der Waals surface area contributed by atoms with Gasteiger partial charge in [0.2, 0.25) is 11.8 Å². The molecular weight excluding hydrogens is 477 g/mol. The molecule has 0 spiro atoms. The summed E-state index contributed by atoms with van der Waals surface area (Å²) >= 11 is 1.18. The summed E-state index contributed by atoms with van der Waals surface area (Å²) < 4.78 is 35.3. The molecule has 11 heteroatoms. The molecule has 0 fully saturated rings. The molecule has 1 aromatic carbocycles. The van der Waals surface area contributed by atoms with Gasteiger partial charge in [-0.15, -0.1) is 11.3 Å². The van der Waals surface area contributed by atoms with Crippen LogP contribution in [-0.4, -0.2) is 48.3 Å². The Labute approximate surface area is 206 Å². The molecule has 0 aliphatic carbocycles. The summed E-state index contributed by atoms with van der Waals surface area (Å²) in [5, 5.41) is 4.67. The first-order valence-electron chi connectivity index (χ1n) is 10.8. The fourth-order valence-electron chi connectivity index (χ4n) is 3.06. The van der Waals surface area contributed by atoms with Gasteiger partial charge in [-0.05, 0) is 38.5 Å². The number of pyridine rings is 1. The third-order valence-electron chi connectivity index (χ3n) is 4.40. The second-order valence-corrected chi connectivity index (χ2v) is 8.42. The molecular formula is C24H26FN3O6S. The molecule has 186 valence electrons. The number of aromatic nitrogens is 2. The van der Waals surface area contributed by atoms with E-state index in [1.807, 2.05) is 0 Å². The monoisotopic (exact) mass is 503 g/mol. The molecule has 3 rings (SSSR count). The molecule has 9 nitrogen and oxygen atoms in total. The van der Waals surface area contributed by atoms with Crippen molar-refractivity contribution in [3.05, 3.63) is 58.3 Å². The first-order valence-corrected chi connectivity index (χ1v) is 11.7. The van der Waals surface area contributed by atoms with Gasteiger partial charge in [-0.25, -0.2) is 9.37 Å². The lowest BCUT2D eigenvalue weighted by Crippen LogP contribution is -2.19. The number of halogens is 1. The Balaban J connectivity index is 1.82. The normalized spacial score (nSPS) is 11.6. The Morgan fingerprint density at radius 1 is 1.14 bits per heavy atom. The zero-order valence-electron chi connectivity index (χ0n) is 19.8. The van der Waals surface area contributed by atoms with E-state index >= 15 is 0 Å². The lowest BCUT2D eigenvalue weighted by atomic mass is 10.2. The van der Waals surface area contributed by atoms with E-state index in [9.17, 15) is 14.0 Å². The number of thiazole rings is 1. The highest BCUT2D eigenvalue weighted by Crippen LogP contribution is 2.27. The van der Waals surface area contributed by atoms with Crippen LogP contribution in [0, 0.1) is 12.7 Å². The summed E-state index contributed by atoms with van der Waals surface area (Å²) in [4.78, 5) is 33.2. The molecule has 0 bridgehead atoms. The van der Waals surface area contributed by atoms with Crippen molar-refractivity contribution in [1.82, 2.24) is 9.97 Å². The zero-order valence-corrected chi connectivity index (χ0v) is 20.6. The molecule has 0 unspecified atom stereocenters. The predicted molar refractivity (Wildman–Crippen MR) is 128 cm³/mol. The number of ether oxygens (including phenoxy) is 4. The number of anilines is 1. The molecule has 35 heavy (non-hydrogen) atoms. The zero-order chi connectivity index (χ0) is 25.4. The smallest absolute Gasteiger partial charge is 0.311 e. The maximum atomic E-state index is 13.8. The minimum absolute atomic E-state index is 0.00981. The van der Waals surface area contributed by atoms with Crippen LogP contribution in [0.1, 0.15) is 35.5 Å². The fraction of sp³-hybridized carbons (Fsp3) is 0.333. The number of methoxy groups -OCH3 is 1. The standard InChI is InChI=1S/C24H26FN3O6S/c1-5-32-22(29)11-18-13-35-24(26-18)28-23(30)16-8-20(33-15(3)12-31-4)27-21(9-16)34-19-7-14(2)6-17(25)10-19/h6-10,13,15H,5,11-12H2,1-4H3,(H,26,28,30)/t15-/m1/s1. The lowest BCUT2D eigenvalue weighted by molar-refractivity contribution is -0.142. The summed E-state index contributed by atoms with van der Waals surface area (Å²) in [5.41, 5.74) is 1.34. The van der Waals surface area contributed by atoms with Crippen LogP contribution >= 0.6 is 11.3 Å². The highest BCUT2D eigenvalue weighted by atomic mass is 32.1. The number of hydrogen-bond donors (Lipinski definition) is 1. The number of nitrogens with zero attached hydrogens (tertiary/aromatic N) is 2. The van der Waals surface area contributed by atoms with Crippen LogP contribution in [0.25, 0.3) is 0 Å². The molecule has 0 radical (unpaired) electrons. The Kier molecular flexibility index (Phi) is 9.10. The third-order valence-corrected chi connectivity index (χ3v) is 5.21. The predicted octanol–water partition coefficient (Wildman–Crippen LogP) is 4.55. The quantitative estimate of drug-likeness (QED) is 0.380. The van der Waals surface area contributed by atoms with Gasteiger partial charge >= 0.3 is 5.97 Å². The molecule has 0 saturated heterocycles. The highest BCUT2D eigenvalue weighted by Gasteiger charge is 2.17. The van der Waals surface area contributed by atoms with Crippen molar-refractivity contribution in [3.63, 3.8) is 0 Å². The van der Waals surface area contributed by atoms with Crippen molar-refractivity contribution in [1.29, 1.82) is 0 Å². The Bertz CT molecular complexity index is 1170. The van der Waals surface area contributed by atoms with Gasteiger partial charge in [0.05, 0.1) is 30.9 Å². The van der Waals surface area contributed by atoms with E-state index < -0.39 is 17.7 Å². The van der Waals surface area contributed by atoms with Crippen molar-refractivity contribution in [2.24, 2.45) is 0 Å². The summed E-state index contributed by atoms with van der Waals surface area (Å²) in [7, 11) is 1.54. The van der Waals surface area contributed by atoms with Crippen molar-refractivity contribution in [3.8, 4) is 17.5 Å². The maximum Gasteiger partial charge on any atom is 0.311 e. The Morgan fingerprint density at radius 2 is 1.91 bits per heavy atom. The van der Waals surface area contributed by atoms with E-state index in [1.54, 1.807) is 39.3 Å². The van der Waals surface area contributed by atoms with Crippen LogP contribution < -0.4 is 14.8 Å². The molecule has 1 N–H and O–H groups in total. The third kappa shape index (κ3) is 8.01. The number of nitrogens with one attached hydrogen (secondary N) is 1. The van der Waals surface area contributed by atoms with Crippen LogP contribution in [0.5, 0.6) is 17.5 Å². The summed E-state index contributed by atoms with van der Waals surface area (Å²) in [5.74, 6) is -0.939. The van der Waals surface area contributed by atoms with E-state index in [1.165, 1.54) is 35.6 Å². The number of rotatable bonds is 11. The molecule has 1 atom stereocenters. The summed E-state index contributed by atoms with van der Waals surface area (Å²) in [6.07, 6.45) is -0.338. The SMILES string of the molecule is CCOC(=O)Cc1csc(NC(=O)c2cc(Oc3cc(C)cc(F)c3)nc(O[C@H](C)COC)c2)n1. The van der Waals surface area contributed by atoms with E-state index in [0.717, 1.165) is 0 Å². The van der Waals surface area contributed by atoms with Crippen LogP contribution in [0.2, 0.25) is 0 Å². The molecule has 3 aromatic rings. The van der Waals surface area contributed by atoms with Crippen LogP contribution in [-0.2, 0) is 20.7 Å². The molecule has 1 amide bonds. The minimum Gasteiger partial charge on any atom is -0.472 e. The van der Waals surface area contributed by atoms with Gasteiger partial charge in [0.25, 0.3) is 5.91 Å². The molecule has 2 aromatic heterocycles. The van der Waals surface area contributed by atoms with Crippen molar-refractivity contribution >= 4 is 28.3 Å². The first kappa shape index (κ1) is 26.0. The number of amides is 1. The number of aryl methyl sites for hydroxylation is 1. The van der Waals surface area contributed by atoms with Gasteiger partial charge < -0.3 is 18.9 Å². The Hall–Kier alpha value is -3.57. The van der Waals surface area contributed by atoms with Gasteiger partial charge in [-0.2, -0.15) is 4.98 Å². The van der Waals surface area contributed by atoms with Crippen LogP contribution in [0.4, 0.5) is 9.52 Å². The van der Waals surface area contributed by atoms with E-state index in [-0.39, 0.29) is 42.2 Å². The number of esters is 1. The fourth-order valence-corrected chi connectivity index (χ4v) is 3.76. The minimum atomic E-state index is -0.492. The number of carbonyl (C=O) groups excluding carboxylic acids is 2. The van der Waals surface area contributed by atoms with Gasteiger partial charge in [-0.1, -0.05) is 0 Å². The van der Waals surface area contributed by atoms with E-state index in [0.29, 0.717) is 23.0 Å². The first-order chi connectivity index (χ1) is 16.7. The van der Waals surface area contributed by atoms with Crippen LogP contribution in [0.15, 0.2) is 35.7 Å². The van der Waals surface area contributed by atoms with Crippen LogP contribution in [0.3, 0.4) is 0 Å². The van der Waals surface area contributed by atoms with Crippen molar-refractivity contribution < 1.29 is 32.9 Å². The second kappa shape index (κ2) is 12.2. The van der Waals surface area contributed by atoms with Gasteiger partial charge in [0.1, 0.15) is 17.7 Å². The maximum absolute atomic E-state index is 13.8. The van der Waals surface area contributed by atoms with Crippen molar-refractivity contribution in [2.45, 2.75) is 33.3 Å². The largest absolute Gasteiger partial charge is 0.472 e. The van der Waals surface area contributed by atoms with Gasteiger partial charge in [0.15, 0.2) is 5.13 Å². The average Bonchev–Trinajstić information content (AvgIpc) is 3.19. The number of benzene rings is 1. The average molecular weight is 504 g/mol. The van der Waals surface area contributed by atoms with Gasteiger partial charge in [-0.3, -0.25) is 14.9 Å². The van der Waals surface area contributed by atoms with E-state index in [2.05, 4.69) is 15.3 Å². The highest BCUT2D eigenvalue weighted by molar-refractivity contribution is 7.14. The summed E-state index contributed by atoms with van der Waals surface area (Å²) in [6.45, 7) is 5.83. The second-order valence-electron chi connectivity index (χ2n) is 7.56.